The minimum absolute atomic E-state index is 0.0311. The molecule has 1 aliphatic heterocycles. The van der Waals surface area contributed by atoms with Crippen LogP contribution in [-0.2, 0) is 19.7 Å². The number of methoxy groups -OCH3 is 2. The second-order valence-electron chi connectivity index (χ2n) is 10.1. The molecule has 162 valence electrons. The van der Waals surface area contributed by atoms with Gasteiger partial charge in [-0.15, -0.1) is 0 Å². The van der Waals surface area contributed by atoms with E-state index in [0.29, 0.717) is 6.61 Å². The Morgan fingerprint density at radius 2 is 1.77 bits per heavy atom. The fourth-order valence-electron chi connectivity index (χ4n) is 8.33. The number of benzene rings is 1. The molecule has 2 bridgehead atoms. The van der Waals surface area contributed by atoms with Crippen molar-refractivity contribution in [3.05, 3.63) is 66.0 Å². The van der Waals surface area contributed by atoms with E-state index in [-0.39, 0.29) is 33.9 Å². The summed E-state index contributed by atoms with van der Waals surface area (Å²) in [6.45, 7) is 2.96. The second-order valence-corrected chi connectivity index (χ2v) is 10.1. The lowest BCUT2D eigenvalue weighted by Gasteiger charge is -2.53. The molecule has 0 amide bonds. The van der Waals surface area contributed by atoms with Crippen LogP contribution in [0.5, 0.6) is 5.75 Å². The zero-order valence-electron chi connectivity index (χ0n) is 18.5. The highest BCUT2D eigenvalue weighted by atomic mass is 16.6. The first kappa shape index (κ1) is 19.4. The molecule has 1 heterocycles. The lowest BCUT2D eigenvalue weighted by Crippen LogP contribution is -2.54. The Morgan fingerprint density at radius 3 is 2.52 bits per heavy atom. The summed E-state index contributed by atoms with van der Waals surface area (Å²) in [6.07, 6.45) is 15.2. The third-order valence-corrected chi connectivity index (χ3v) is 9.51. The Kier molecular flexibility index (Phi) is 3.83. The number of ketones is 1. The summed E-state index contributed by atoms with van der Waals surface area (Å²) in [7, 11) is 3.42. The van der Waals surface area contributed by atoms with Gasteiger partial charge in [0.2, 0.25) is 0 Å². The van der Waals surface area contributed by atoms with Crippen molar-refractivity contribution in [3.63, 3.8) is 0 Å². The van der Waals surface area contributed by atoms with E-state index < -0.39 is 5.60 Å². The van der Waals surface area contributed by atoms with Crippen molar-refractivity contribution in [2.45, 2.75) is 43.6 Å². The molecule has 0 aromatic heterocycles. The van der Waals surface area contributed by atoms with Gasteiger partial charge in [-0.2, -0.15) is 0 Å². The van der Waals surface area contributed by atoms with Gasteiger partial charge in [0.1, 0.15) is 17.1 Å². The third-order valence-electron chi connectivity index (χ3n) is 9.51. The minimum atomic E-state index is -0.662. The quantitative estimate of drug-likeness (QED) is 0.665. The highest BCUT2D eigenvalue weighted by Gasteiger charge is 2.81. The summed E-state index contributed by atoms with van der Waals surface area (Å²) in [6, 6.07) is 8.40. The summed E-state index contributed by atoms with van der Waals surface area (Å²) >= 11 is 0. The van der Waals surface area contributed by atoms with Crippen LogP contribution in [0.25, 0.3) is 0 Å². The highest BCUT2D eigenvalue weighted by Crippen LogP contribution is 2.81. The molecule has 5 aliphatic rings. The smallest absolute Gasteiger partial charge is 0.160 e. The van der Waals surface area contributed by atoms with Crippen molar-refractivity contribution in [1.29, 1.82) is 0 Å². The van der Waals surface area contributed by atoms with E-state index in [1.54, 1.807) is 20.3 Å². The summed E-state index contributed by atoms with van der Waals surface area (Å²) < 4.78 is 17.8. The molecule has 2 saturated carbocycles. The number of rotatable bonds is 3. The summed E-state index contributed by atoms with van der Waals surface area (Å²) in [5, 5.41) is 0. The van der Waals surface area contributed by atoms with Gasteiger partial charge in [-0.05, 0) is 54.2 Å². The number of carbonyl (C=O) groups is 1. The van der Waals surface area contributed by atoms with Crippen molar-refractivity contribution in [1.82, 2.24) is 0 Å². The first-order valence-corrected chi connectivity index (χ1v) is 11.5. The molecule has 6 atom stereocenters. The standard InChI is InChI=1S/C27H30O4/c1-24-12-4-5-13-25(24)15-16-26(24,18-6-8-19(29-2)9-7-18)22-20(28)10-14-27(23(22)25)21(30-3)11-17-31-27/h6-11,14-16,22-23H,4-5,12-13,17H2,1-3H3/t22-,23+,24+,25+,26+,27-/m1/s1. The number of hydrogen-bond donors (Lipinski definition) is 0. The van der Waals surface area contributed by atoms with E-state index in [9.17, 15) is 4.79 Å². The van der Waals surface area contributed by atoms with Gasteiger partial charge in [-0.25, -0.2) is 0 Å². The summed E-state index contributed by atoms with van der Waals surface area (Å²) in [5.74, 6) is 1.78. The first-order chi connectivity index (χ1) is 15.0. The van der Waals surface area contributed by atoms with Gasteiger partial charge in [-0.3, -0.25) is 4.79 Å². The van der Waals surface area contributed by atoms with E-state index in [4.69, 9.17) is 14.2 Å². The Labute approximate surface area is 183 Å². The summed E-state index contributed by atoms with van der Waals surface area (Å²) in [5.41, 5.74) is 0.0393. The van der Waals surface area contributed by atoms with Crippen LogP contribution >= 0.6 is 0 Å². The van der Waals surface area contributed by atoms with Gasteiger partial charge in [0, 0.05) is 22.7 Å². The Hall–Kier alpha value is -2.33. The van der Waals surface area contributed by atoms with Crippen LogP contribution in [0.1, 0.15) is 38.2 Å². The Morgan fingerprint density at radius 1 is 1.00 bits per heavy atom. The number of carbonyl (C=O) groups excluding carboxylic acids is 1. The predicted molar refractivity (Wildman–Crippen MR) is 118 cm³/mol. The largest absolute Gasteiger partial charge is 0.498 e. The number of hydrogen-bond acceptors (Lipinski definition) is 4. The minimum Gasteiger partial charge on any atom is -0.498 e. The molecule has 2 fully saturated rings. The molecule has 1 aromatic rings. The Bertz CT molecular complexity index is 1040. The van der Waals surface area contributed by atoms with Crippen molar-refractivity contribution < 1.29 is 19.0 Å². The molecular formula is C27H30O4. The van der Waals surface area contributed by atoms with E-state index >= 15 is 0 Å². The van der Waals surface area contributed by atoms with E-state index in [0.717, 1.165) is 24.4 Å². The molecule has 4 aliphatic carbocycles. The van der Waals surface area contributed by atoms with Crippen LogP contribution < -0.4 is 4.74 Å². The molecule has 6 rings (SSSR count). The monoisotopic (exact) mass is 418 g/mol. The van der Waals surface area contributed by atoms with E-state index in [1.807, 2.05) is 24.3 Å². The lowest BCUT2D eigenvalue weighted by atomic mass is 9.52. The maximum Gasteiger partial charge on any atom is 0.160 e. The molecular weight excluding hydrogens is 388 g/mol. The van der Waals surface area contributed by atoms with Gasteiger partial charge in [0.25, 0.3) is 0 Å². The van der Waals surface area contributed by atoms with Crippen LogP contribution in [0, 0.1) is 22.7 Å². The van der Waals surface area contributed by atoms with Gasteiger partial charge in [0.15, 0.2) is 5.78 Å². The maximum absolute atomic E-state index is 13.7. The molecule has 4 heteroatoms. The van der Waals surface area contributed by atoms with E-state index in [1.165, 1.54) is 18.4 Å². The second kappa shape index (κ2) is 6.13. The van der Waals surface area contributed by atoms with Gasteiger partial charge < -0.3 is 14.2 Å². The average molecular weight is 419 g/mol. The van der Waals surface area contributed by atoms with Crippen LogP contribution in [0.4, 0.5) is 0 Å². The normalized spacial score (nSPS) is 44.4. The molecule has 1 aromatic carbocycles. The molecule has 0 unspecified atom stereocenters. The zero-order chi connectivity index (χ0) is 21.5. The topological polar surface area (TPSA) is 44.8 Å². The van der Waals surface area contributed by atoms with Gasteiger partial charge in [-0.1, -0.05) is 44.1 Å². The number of fused-ring (bicyclic) bond motifs is 3. The van der Waals surface area contributed by atoms with Crippen molar-refractivity contribution in [2.75, 3.05) is 20.8 Å². The average Bonchev–Trinajstić information content (AvgIpc) is 3.39. The molecule has 0 radical (unpaired) electrons. The molecule has 1 spiro atoms. The SMILES string of the molecule is COC1=CCO[C@]12C=CC(=O)[C@@H]1[C@H]2[C@]23C=C[C@@]1(c1ccc(OC)cc1)[C@@]2(C)CCCC3. The number of ether oxygens (including phenoxy) is 3. The maximum atomic E-state index is 13.7. The molecule has 31 heavy (non-hydrogen) atoms. The first-order valence-electron chi connectivity index (χ1n) is 11.5. The third kappa shape index (κ3) is 1.95. The van der Waals surface area contributed by atoms with Crippen LogP contribution in [-0.4, -0.2) is 32.2 Å². The Balaban J connectivity index is 1.64. The molecule has 0 saturated heterocycles. The van der Waals surface area contributed by atoms with Crippen molar-refractivity contribution in [2.24, 2.45) is 22.7 Å². The van der Waals surface area contributed by atoms with Crippen molar-refractivity contribution >= 4 is 5.78 Å². The molecule has 0 N–H and O–H groups in total. The van der Waals surface area contributed by atoms with E-state index in [2.05, 4.69) is 31.2 Å². The zero-order valence-corrected chi connectivity index (χ0v) is 18.5. The van der Waals surface area contributed by atoms with Gasteiger partial charge in [0.05, 0.1) is 20.8 Å². The van der Waals surface area contributed by atoms with Gasteiger partial charge >= 0.3 is 0 Å². The fourth-order valence-corrected chi connectivity index (χ4v) is 8.33. The fraction of sp³-hybridized carbons (Fsp3) is 0.519. The molecule has 4 nitrogen and oxygen atoms in total. The van der Waals surface area contributed by atoms with Crippen LogP contribution in [0.2, 0.25) is 0 Å². The number of allylic oxidation sites excluding steroid dienone is 3. The highest BCUT2D eigenvalue weighted by molar-refractivity contribution is 5.97. The van der Waals surface area contributed by atoms with Crippen molar-refractivity contribution in [3.8, 4) is 5.75 Å². The lowest BCUT2D eigenvalue weighted by molar-refractivity contribution is -0.131. The van der Waals surface area contributed by atoms with Crippen LogP contribution in [0.3, 0.4) is 0 Å². The predicted octanol–water partition coefficient (Wildman–Crippen LogP) is 4.75. The summed E-state index contributed by atoms with van der Waals surface area (Å²) in [4.78, 5) is 13.7. The van der Waals surface area contributed by atoms with Crippen LogP contribution in [0.15, 0.2) is 60.4 Å².